The molecule has 1 N–H and O–H groups in total. The van der Waals surface area contributed by atoms with Gasteiger partial charge in [-0.3, -0.25) is 9.78 Å². The molecule has 122 valence electrons. The Hall–Kier alpha value is -2.20. The van der Waals surface area contributed by atoms with Gasteiger partial charge in [-0.2, -0.15) is 0 Å². The van der Waals surface area contributed by atoms with Crippen LogP contribution in [0.2, 0.25) is 0 Å². The second kappa shape index (κ2) is 9.74. The maximum absolute atomic E-state index is 11.9. The van der Waals surface area contributed by atoms with Crippen LogP contribution in [0.3, 0.4) is 0 Å². The molecule has 1 amide bonds. The molecule has 2 aromatic rings. The zero-order valence-corrected chi connectivity index (χ0v) is 13.7. The van der Waals surface area contributed by atoms with E-state index in [1.165, 1.54) is 11.1 Å². The van der Waals surface area contributed by atoms with Crippen molar-refractivity contribution in [2.75, 3.05) is 26.7 Å². The Morgan fingerprint density at radius 1 is 1.00 bits per heavy atom. The van der Waals surface area contributed by atoms with Crippen LogP contribution >= 0.6 is 0 Å². The van der Waals surface area contributed by atoms with Gasteiger partial charge in [0.15, 0.2) is 0 Å². The minimum atomic E-state index is 0.122. The first-order valence-corrected chi connectivity index (χ1v) is 8.12. The van der Waals surface area contributed by atoms with E-state index >= 15 is 0 Å². The highest BCUT2D eigenvalue weighted by Crippen LogP contribution is 2.00. The lowest BCUT2D eigenvalue weighted by Gasteiger charge is -2.16. The van der Waals surface area contributed by atoms with Crippen LogP contribution in [0.5, 0.6) is 0 Å². The average molecular weight is 311 g/mol. The van der Waals surface area contributed by atoms with Crippen LogP contribution < -0.4 is 5.32 Å². The molecule has 0 saturated heterocycles. The van der Waals surface area contributed by atoms with E-state index in [2.05, 4.69) is 34.4 Å². The molecule has 1 heterocycles. The first-order chi connectivity index (χ1) is 11.2. The van der Waals surface area contributed by atoms with Crippen molar-refractivity contribution in [3.8, 4) is 0 Å². The van der Waals surface area contributed by atoms with Crippen LogP contribution in [0.15, 0.2) is 54.9 Å². The summed E-state index contributed by atoms with van der Waals surface area (Å²) in [5.74, 6) is 0.122. The van der Waals surface area contributed by atoms with Gasteiger partial charge in [-0.05, 0) is 43.1 Å². The quantitative estimate of drug-likeness (QED) is 0.773. The van der Waals surface area contributed by atoms with Crippen molar-refractivity contribution in [1.29, 1.82) is 0 Å². The molecule has 0 fully saturated rings. The van der Waals surface area contributed by atoms with E-state index in [0.717, 1.165) is 25.9 Å². The summed E-state index contributed by atoms with van der Waals surface area (Å²) in [6, 6.07) is 14.3. The summed E-state index contributed by atoms with van der Waals surface area (Å²) in [6.07, 6.45) is 6.03. The zero-order valence-electron chi connectivity index (χ0n) is 13.7. The van der Waals surface area contributed by atoms with Gasteiger partial charge in [0.05, 0.1) is 0 Å². The molecule has 0 radical (unpaired) electrons. The third-order valence-corrected chi connectivity index (χ3v) is 3.83. The number of benzene rings is 1. The molecule has 0 unspecified atom stereocenters. The first kappa shape index (κ1) is 17.2. The molecule has 0 atom stereocenters. The fourth-order valence-electron chi connectivity index (χ4n) is 2.35. The van der Waals surface area contributed by atoms with Gasteiger partial charge in [-0.15, -0.1) is 0 Å². The highest BCUT2D eigenvalue weighted by atomic mass is 16.1. The maximum atomic E-state index is 11.9. The summed E-state index contributed by atoms with van der Waals surface area (Å²) in [5.41, 5.74) is 2.53. The Kier molecular flexibility index (Phi) is 7.27. The standard InChI is InChI=1S/C19H25N3O/c1-22(15-10-18-7-12-20-13-8-18)16-11-19(23)21-14-9-17-5-3-2-4-6-17/h2-8,12-13H,9-11,14-16H2,1H3,(H,21,23). The summed E-state index contributed by atoms with van der Waals surface area (Å²) in [6.45, 7) is 2.42. The van der Waals surface area contributed by atoms with Crippen molar-refractivity contribution in [2.24, 2.45) is 0 Å². The smallest absolute Gasteiger partial charge is 0.221 e. The minimum absolute atomic E-state index is 0.122. The van der Waals surface area contributed by atoms with E-state index in [0.29, 0.717) is 13.0 Å². The van der Waals surface area contributed by atoms with Gasteiger partial charge in [0.2, 0.25) is 5.91 Å². The van der Waals surface area contributed by atoms with Crippen molar-refractivity contribution < 1.29 is 4.79 Å². The van der Waals surface area contributed by atoms with Gasteiger partial charge in [-0.25, -0.2) is 0 Å². The third-order valence-electron chi connectivity index (χ3n) is 3.83. The number of aromatic nitrogens is 1. The third kappa shape index (κ3) is 7.06. The van der Waals surface area contributed by atoms with Crippen molar-refractivity contribution in [3.05, 3.63) is 66.0 Å². The maximum Gasteiger partial charge on any atom is 0.221 e. The van der Waals surface area contributed by atoms with Crippen molar-refractivity contribution in [3.63, 3.8) is 0 Å². The van der Waals surface area contributed by atoms with Crippen LogP contribution in [0.4, 0.5) is 0 Å². The Balaban J connectivity index is 1.56. The van der Waals surface area contributed by atoms with E-state index in [9.17, 15) is 4.79 Å². The summed E-state index contributed by atoms with van der Waals surface area (Å²) in [7, 11) is 2.05. The Morgan fingerprint density at radius 3 is 2.43 bits per heavy atom. The number of likely N-dealkylation sites (N-methyl/N-ethyl adjacent to an activating group) is 1. The molecule has 0 spiro atoms. The van der Waals surface area contributed by atoms with Gasteiger partial charge < -0.3 is 10.2 Å². The van der Waals surface area contributed by atoms with Gasteiger partial charge in [0, 0.05) is 38.4 Å². The fourth-order valence-corrected chi connectivity index (χ4v) is 2.35. The molecule has 0 saturated carbocycles. The van der Waals surface area contributed by atoms with Gasteiger partial charge in [0.1, 0.15) is 0 Å². The minimum Gasteiger partial charge on any atom is -0.356 e. The molecule has 4 heteroatoms. The number of pyridine rings is 1. The van der Waals surface area contributed by atoms with E-state index in [1.807, 2.05) is 42.7 Å². The Morgan fingerprint density at radius 2 is 1.70 bits per heavy atom. The van der Waals surface area contributed by atoms with Crippen LogP contribution in [0.25, 0.3) is 0 Å². The van der Waals surface area contributed by atoms with Crippen LogP contribution in [-0.2, 0) is 17.6 Å². The average Bonchev–Trinajstić information content (AvgIpc) is 2.60. The molecular formula is C19H25N3O. The van der Waals surface area contributed by atoms with E-state index in [1.54, 1.807) is 0 Å². The van der Waals surface area contributed by atoms with Gasteiger partial charge in [0.25, 0.3) is 0 Å². The van der Waals surface area contributed by atoms with Crippen LogP contribution in [0, 0.1) is 0 Å². The molecule has 23 heavy (non-hydrogen) atoms. The lowest BCUT2D eigenvalue weighted by molar-refractivity contribution is -0.121. The summed E-state index contributed by atoms with van der Waals surface area (Å²) >= 11 is 0. The second-order valence-electron chi connectivity index (χ2n) is 5.74. The topological polar surface area (TPSA) is 45.2 Å². The summed E-state index contributed by atoms with van der Waals surface area (Å²) < 4.78 is 0. The number of hydrogen-bond acceptors (Lipinski definition) is 3. The SMILES string of the molecule is CN(CCC(=O)NCCc1ccccc1)CCc1ccncc1. The van der Waals surface area contributed by atoms with E-state index in [-0.39, 0.29) is 5.91 Å². The largest absolute Gasteiger partial charge is 0.356 e. The lowest BCUT2D eigenvalue weighted by atomic mass is 10.1. The zero-order chi connectivity index (χ0) is 16.3. The van der Waals surface area contributed by atoms with E-state index < -0.39 is 0 Å². The summed E-state index contributed by atoms with van der Waals surface area (Å²) in [5, 5.41) is 2.99. The Bertz CT molecular complexity index is 572. The number of carbonyl (C=O) groups is 1. The summed E-state index contributed by atoms with van der Waals surface area (Å²) in [4.78, 5) is 18.1. The molecule has 4 nitrogen and oxygen atoms in total. The van der Waals surface area contributed by atoms with Gasteiger partial charge >= 0.3 is 0 Å². The number of carbonyl (C=O) groups excluding carboxylic acids is 1. The molecule has 2 rings (SSSR count). The van der Waals surface area contributed by atoms with Crippen molar-refractivity contribution >= 4 is 5.91 Å². The van der Waals surface area contributed by atoms with Crippen molar-refractivity contribution in [1.82, 2.24) is 15.2 Å². The number of hydrogen-bond donors (Lipinski definition) is 1. The number of nitrogens with one attached hydrogen (secondary N) is 1. The number of amides is 1. The highest BCUT2D eigenvalue weighted by molar-refractivity contribution is 5.76. The van der Waals surface area contributed by atoms with E-state index in [4.69, 9.17) is 0 Å². The number of rotatable bonds is 9. The predicted octanol–water partition coefficient (Wildman–Crippen LogP) is 2.30. The fraction of sp³-hybridized carbons (Fsp3) is 0.368. The number of nitrogens with zero attached hydrogens (tertiary/aromatic N) is 2. The molecule has 1 aromatic heterocycles. The molecule has 1 aromatic carbocycles. The molecule has 0 bridgehead atoms. The lowest BCUT2D eigenvalue weighted by Crippen LogP contribution is -2.31. The molecule has 0 aliphatic rings. The first-order valence-electron chi connectivity index (χ1n) is 8.12. The predicted molar refractivity (Wildman–Crippen MR) is 93.2 cm³/mol. The molecular weight excluding hydrogens is 286 g/mol. The van der Waals surface area contributed by atoms with Crippen LogP contribution in [0.1, 0.15) is 17.5 Å². The molecule has 0 aliphatic carbocycles. The highest BCUT2D eigenvalue weighted by Gasteiger charge is 2.04. The monoisotopic (exact) mass is 311 g/mol. The molecule has 0 aliphatic heterocycles. The van der Waals surface area contributed by atoms with Crippen LogP contribution in [-0.4, -0.2) is 42.5 Å². The van der Waals surface area contributed by atoms with Crippen molar-refractivity contribution in [2.45, 2.75) is 19.3 Å². The van der Waals surface area contributed by atoms with Gasteiger partial charge in [-0.1, -0.05) is 30.3 Å². The normalized spacial score (nSPS) is 10.7. The second-order valence-corrected chi connectivity index (χ2v) is 5.74. The Labute approximate surface area is 138 Å².